The molecule has 1 amide bonds. The number of hydrogen-bond acceptors (Lipinski definition) is 5. The minimum Gasteiger partial charge on any atom is -0.353 e. The number of amides is 1. The summed E-state index contributed by atoms with van der Waals surface area (Å²) in [5.41, 5.74) is 0.491. The van der Waals surface area contributed by atoms with Gasteiger partial charge in [0.25, 0.3) is 0 Å². The second kappa shape index (κ2) is 10.7. The predicted octanol–water partition coefficient (Wildman–Crippen LogP) is 2.67. The molecule has 7 nitrogen and oxygen atoms in total. The first-order chi connectivity index (χ1) is 14.8. The molecule has 0 aliphatic carbocycles. The minimum absolute atomic E-state index is 0.0647. The molecule has 2 fully saturated rings. The van der Waals surface area contributed by atoms with E-state index in [2.05, 4.69) is 17.1 Å². The second-order valence-corrected chi connectivity index (χ2v) is 10.7. The van der Waals surface area contributed by atoms with Crippen LogP contribution in [0.3, 0.4) is 0 Å². The molecule has 0 spiro atoms. The zero-order valence-electron chi connectivity index (χ0n) is 18.7. The molecule has 2 saturated heterocycles. The van der Waals surface area contributed by atoms with E-state index in [-0.39, 0.29) is 28.5 Å². The topological polar surface area (TPSA) is 86.8 Å². The molecule has 31 heavy (non-hydrogen) atoms. The van der Waals surface area contributed by atoms with Crippen molar-refractivity contribution in [3.8, 4) is 0 Å². The molecule has 0 atom stereocenters. The summed E-state index contributed by atoms with van der Waals surface area (Å²) in [7, 11) is -3.61. The first kappa shape index (κ1) is 23.9. The number of hydrogen-bond donors (Lipinski definition) is 1. The van der Waals surface area contributed by atoms with Crippen LogP contribution in [0.15, 0.2) is 29.2 Å². The van der Waals surface area contributed by atoms with Crippen molar-refractivity contribution in [1.29, 1.82) is 0 Å². The molecule has 2 aliphatic rings. The van der Waals surface area contributed by atoms with Gasteiger partial charge >= 0.3 is 0 Å². The smallest absolute Gasteiger partial charge is 0.243 e. The van der Waals surface area contributed by atoms with E-state index in [0.29, 0.717) is 31.5 Å². The van der Waals surface area contributed by atoms with Gasteiger partial charge in [0.05, 0.1) is 4.90 Å². The van der Waals surface area contributed by atoms with E-state index in [4.69, 9.17) is 0 Å². The third kappa shape index (κ3) is 6.14. The molecule has 0 aromatic heterocycles. The van der Waals surface area contributed by atoms with Crippen LogP contribution in [-0.2, 0) is 14.8 Å². The fraction of sp³-hybridized carbons (Fsp3) is 0.652. The summed E-state index contributed by atoms with van der Waals surface area (Å²) >= 11 is 0. The number of piperidine rings is 2. The maximum Gasteiger partial charge on any atom is 0.243 e. The number of Topliss-reactive ketones (excluding diaryl/α,β-unsaturated/α-hetero) is 1. The number of sulfonamides is 1. The van der Waals surface area contributed by atoms with Crippen LogP contribution in [0.4, 0.5) is 0 Å². The van der Waals surface area contributed by atoms with Crippen molar-refractivity contribution in [2.45, 2.75) is 63.3 Å². The summed E-state index contributed by atoms with van der Waals surface area (Å²) in [5.74, 6) is -0.165. The Morgan fingerprint density at radius 3 is 2.16 bits per heavy atom. The summed E-state index contributed by atoms with van der Waals surface area (Å²) in [6.45, 7) is 7.53. The predicted molar refractivity (Wildman–Crippen MR) is 120 cm³/mol. The van der Waals surface area contributed by atoms with E-state index in [1.807, 2.05) is 0 Å². The molecule has 0 radical (unpaired) electrons. The summed E-state index contributed by atoms with van der Waals surface area (Å²) in [6.07, 6.45) is 5.46. The molecule has 3 rings (SSSR count). The van der Waals surface area contributed by atoms with Gasteiger partial charge < -0.3 is 10.2 Å². The lowest BCUT2D eigenvalue weighted by Crippen LogP contribution is -2.48. The zero-order chi connectivity index (χ0) is 22.4. The van der Waals surface area contributed by atoms with E-state index < -0.39 is 10.0 Å². The van der Waals surface area contributed by atoms with E-state index >= 15 is 0 Å². The molecule has 172 valence electrons. The Kier molecular flexibility index (Phi) is 8.24. The summed E-state index contributed by atoms with van der Waals surface area (Å²) in [6, 6.07) is 6.29. The molecule has 0 unspecified atom stereocenters. The number of likely N-dealkylation sites (tertiary alicyclic amines) is 1. The van der Waals surface area contributed by atoms with Gasteiger partial charge in [0, 0.05) is 43.7 Å². The number of ketones is 1. The maximum absolute atomic E-state index is 12.9. The van der Waals surface area contributed by atoms with Crippen LogP contribution in [-0.4, -0.2) is 68.1 Å². The van der Waals surface area contributed by atoms with Crippen molar-refractivity contribution in [2.24, 2.45) is 5.92 Å². The van der Waals surface area contributed by atoms with Crippen LogP contribution >= 0.6 is 0 Å². The van der Waals surface area contributed by atoms with Crippen LogP contribution in [0.2, 0.25) is 0 Å². The van der Waals surface area contributed by atoms with E-state index in [1.54, 1.807) is 12.1 Å². The largest absolute Gasteiger partial charge is 0.353 e. The molecular formula is C23H35N3O4S. The van der Waals surface area contributed by atoms with Crippen LogP contribution in [0, 0.1) is 5.92 Å². The Balaban J connectivity index is 1.47. The van der Waals surface area contributed by atoms with Gasteiger partial charge in [-0.05, 0) is 57.7 Å². The average molecular weight is 450 g/mol. The van der Waals surface area contributed by atoms with Gasteiger partial charge in [-0.25, -0.2) is 8.42 Å². The Labute approximate surface area is 186 Å². The fourth-order valence-corrected chi connectivity index (χ4v) is 5.84. The number of nitrogens with zero attached hydrogens (tertiary/aromatic N) is 2. The Morgan fingerprint density at radius 1 is 1.00 bits per heavy atom. The lowest BCUT2D eigenvalue weighted by Gasteiger charge is -2.34. The van der Waals surface area contributed by atoms with E-state index in [9.17, 15) is 18.0 Å². The Bertz CT molecular complexity index is 853. The quantitative estimate of drug-likeness (QED) is 0.617. The molecule has 1 aromatic rings. The molecule has 0 saturated carbocycles. The third-order valence-electron chi connectivity index (χ3n) is 6.49. The normalized spacial score (nSPS) is 19.9. The monoisotopic (exact) mass is 449 g/mol. The Morgan fingerprint density at radius 2 is 1.61 bits per heavy atom. The van der Waals surface area contributed by atoms with Gasteiger partial charge in [0.2, 0.25) is 15.9 Å². The highest BCUT2D eigenvalue weighted by Crippen LogP contribution is 2.25. The number of rotatable bonds is 8. The summed E-state index contributed by atoms with van der Waals surface area (Å²) in [5, 5.41) is 3.20. The fourth-order valence-electron chi connectivity index (χ4n) is 4.37. The van der Waals surface area contributed by atoms with Gasteiger partial charge in [-0.3, -0.25) is 9.59 Å². The van der Waals surface area contributed by atoms with Crippen LogP contribution in [0.1, 0.15) is 62.7 Å². The van der Waals surface area contributed by atoms with Crippen molar-refractivity contribution in [3.05, 3.63) is 29.8 Å². The minimum atomic E-state index is -3.61. The highest BCUT2D eigenvalue weighted by molar-refractivity contribution is 7.89. The summed E-state index contributed by atoms with van der Waals surface area (Å²) in [4.78, 5) is 26.8. The number of unbranched alkanes of at least 4 members (excludes halogenated alkanes) is 1. The lowest BCUT2D eigenvalue weighted by molar-refractivity contribution is -0.127. The van der Waals surface area contributed by atoms with Gasteiger partial charge in [0.15, 0.2) is 5.78 Å². The van der Waals surface area contributed by atoms with Crippen molar-refractivity contribution < 1.29 is 18.0 Å². The second-order valence-electron chi connectivity index (χ2n) is 8.74. The summed E-state index contributed by atoms with van der Waals surface area (Å²) < 4.78 is 27.3. The Hall–Kier alpha value is -1.77. The van der Waals surface area contributed by atoms with Crippen LogP contribution < -0.4 is 5.32 Å². The van der Waals surface area contributed by atoms with Gasteiger partial charge in [-0.1, -0.05) is 25.5 Å². The first-order valence-corrected chi connectivity index (χ1v) is 12.9. The van der Waals surface area contributed by atoms with Crippen LogP contribution in [0.5, 0.6) is 0 Å². The number of benzene rings is 1. The molecule has 8 heteroatoms. The van der Waals surface area contributed by atoms with Gasteiger partial charge in [-0.15, -0.1) is 0 Å². The first-order valence-electron chi connectivity index (χ1n) is 11.4. The molecular weight excluding hydrogens is 414 g/mol. The van der Waals surface area contributed by atoms with Crippen LogP contribution in [0.25, 0.3) is 0 Å². The lowest BCUT2D eigenvalue weighted by atomic mass is 9.96. The van der Waals surface area contributed by atoms with E-state index in [0.717, 1.165) is 32.5 Å². The SMILES string of the molecule is CCCCN1CCC(NC(=O)C2CCN(S(=O)(=O)c3ccc(C(C)=O)cc3)CC2)CC1. The number of carbonyl (C=O) groups excluding carboxylic acids is 2. The number of nitrogens with one attached hydrogen (secondary N) is 1. The van der Waals surface area contributed by atoms with E-state index in [1.165, 1.54) is 36.2 Å². The molecule has 1 aromatic carbocycles. The highest BCUT2D eigenvalue weighted by Gasteiger charge is 2.33. The zero-order valence-corrected chi connectivity index (χ0v) is 19.5. The third-order valence-corrected chi connectivity index (χ3v) is 8.40. The van der Waals surface area contributed by atoms with Crippen molar-refractivity contribution in [2.75, 3.05) is 32.7 Å². The maximum atomic E-state index is 12.9. The van der Waals surface area contributed by atoms with Gasteiger partial charge in [-0.2, -0.15) is 4.31 Å². The standard InChI is InChI=1S/C23H35N3O4S/c1-3-4-13-25-14-11-21(12-15-25)24-23(28)20-9-16-26(17-10-20)31(29,30)22-7-5-19(6-8-22)18(2)27/h5-8,20-21H,3-4,9-17H2,1-2H3,(H,24,28). The van der Waals surface area contributed by atoms with Gasteiger partial charge in [0.1, 0.15) is 0 Å². The van der Waals surface area contributed by atoms with Crippen molar-refractivity contribution >= 4 is 21.7 Å². The highest BCUT2D eigenvalue weighted by atomic mass is 32.2. The molecule has 0 bridgehead atoms. The molecule has 1 N–H and O–H groups in total. The average Bonchev–Trinajstić information content (AvgIpc) is 2.78. The molecule has 2 heterocycles. The van der Waals surface area contributed by atoms with Crippen molar-refractivity contribution in [3.63, 3.8) is 0 Å². The molecule has 2 aliphatic heterocycles. The number of carbonyl (C=O) groups is 2. The van der Waals surface area contributed by atoms with Crippen molar-refractivity contribution in [1.82, 2.24) is 14.5 Å².